The van der Waals surface area contributed by atoms with E-state index in [1.165, 1.54) is 0 Å². The maximum atomic E-state index is 13.7. The van der Waals surface area contributed by atoms with E-state index in [4.69, 9.17) is 4.74 Å². The molecule has 150 valence electrons. The highest BCUT2D eigenvalue weighted by molar-refractivity contribution is 6.00. The molecule has 1 saturated heterocycles. The van der Waals surface area contributed by atoms with Gasteiger partial charge in [0.15, 0.2) is 0 Å². The van der Waals surface area contributed by atoms with Gasteiger partial charge in [0.25, 0.3) is 5.91 Å². The van der Waals surface area contributed by atoms with Gasteiger partial charge in [-0.05, 0) is 48.3 Å². The fourth-order valence-corrected chi connectivity index (χ4v) is 6.52. The van der Waals surface area contributed by atoms with Gasteiger partial charge in [-0.1, -0.05) is 62.4 Å². The lowest BCUT2D eigenvalue weighted by molar-refractivity contribution is -0.163. The molecular weight excluding hydrogens is 362 g/mol. The molecule has 1 heterocycles. The molecule has 2 saturated carbocycles. The summed E-state index contributed by atoms with van der Waals surface area (Å²) < 4.78 is 5.88. The number of hydrogen-bond donors (Lipinski definition) is 0. The molecule has 4 bridgehead atoms. The van der Waals surface area contributed by atoms with Crippen LogP contribution in [0.25, 0.3) is 0 Å². The summed E-state index contributed by atoms with van der Waals surface area (Å²) >= 11 is 0. The minimum atomic E-state index is -0.869. The van der Waals surface area contributed by atoms with Crippen LogP contribution in [0.1, 0.15) is 49.0 Å². The summed E-state index contributed by atoms with van der Waals surface area (Å²) in [6, 6.07) is 19.1. The first-order chi connectivity index (χ1) is 13.9. The number of nitrogens with zero attached hydrogens (tertiary/aromatic N) is 1. The lowest BCUT2D eigenvalue weighted by Gasteiger charge is -2.46. The van der Waals surface area contributed by atoms with E-state index in [0.717, 1.165) is 18.4 Å². The summed E-state index contributed by atoms with van der Waals surface area (Å²) in [7, 11) is 0. The molecule has 3 fully saturated rings. The molecule has 1 aliphatic heterocycles. The Morgan fingerprint density at radius 1 is 1.03 bits per heavy atom. The minimum absolute atomic E-state index is 0.0385. The van der Waals surface area contributed by atoms with Gasteiger partial charge in [-0.2, -0.15) is 0 Å². The fraction of sp³-hybridized carbons (Fsp3) is 0.440. The second kappa shape index (κ2) is 6.19. The van der Waals surface area contributed by atoms with E-state index in [-0.39, 0.29) is 29.3 Å². The molecule has 0 N–H and O–H groups in total. The number of carbonyl (C=O) groups excluding carboxylic acids is 2. The van der Waals surface area contributed by atoms with Crippen molar-refractivity contribution in [3.05, 3.63) is 71.8 Å². The van der Waals surface area contributed by atoms with Crippen molar-refractivity contribution in [1.82, 2.24) is 4.90 Å². The van der Waals surface area contributed by atoms with Crippen molar-refractivity contribution in [2.45, 2.75) is 45.3 Å². The van der Waals surface area contributed by atoms with E-state index >= 15 is 0 Å². The normalized spacial score (nSPS) is 34.4. The van der Waals surface area contributed by atoms with Gasteiger partial charge < -0.3 is 9.64 Å². The van der Waals surface area contributed by atoms with E-state index in [9.17, 15) is 9.59 Å². The maximum Gasteiger partial charge on any atom is 0.333 e. The summed E-state index contributed by atoms with van der Waals surface area (Å²) in [5.41, 5.74) is 0.448. The number of rotatable bonds is 4. The molecule has 5 rings (SSSR count). The summed E-state index contributed by atoms with van der Waals surface area (Å²) in [4.78, 5) is 29.0. The maximum absolute atomic E-state index is 13.7. The van der Waals surface area contributed by atoms with Crippen molar-refractivity contribution in [1.29, 1.82) is 0 Å². The number of likely N-dealkylation sites (tertiary alicyclic amines) is 1. The first-order valence-electron chi connectivity index (χ1n) is 10.5. The highest BCUT2D eigenvalue weighted by Gasteiger charge is 2.81. The van der Waals surface area contributed by atoms with Crippen LogP contribution in [-0.4, -0.2) is 28.9 Å². The van der Waals surface area contributed by atoms with Crippen LogP contribution in [0.5, 0.6) is 0 Å². The van der Waals surface area contributed by atoms with E-state index in [2.05, 4.69) is 13.8 Å². The first-order valence-corrected chi connectivity index (χ1v) is 10.5. The van der Waals surface area contributed by atoms with E-state index in [1.807, 2.05) is 65.6 Å². The van der Waals surface area contributed by atoms with Crippen LogP contribution in [0.3, 0.4) is 0 Å². The lowest BCUT2D eigenvalue weighted by atomic mass is 9.65. The molecule has 1 amide bonds. The average Bonchev–Trinajstić information content (AvgIpc) is 3.21. The highest BCUT2D eigenvalue weighted by atomic mass is 16.5. The van der Waals surface area contributed by atoms with Crippen LogP contribution in [0.2, 0.25) is 0 Å². The van der Waals surface area contributed by atoms with Crippen molar-refractivity contribution >= 4 is 11.9 Å². The monoisotopic (exact) mass is 389 g/mol. The Labute approximate surface area is 171 Å². The van der Waals surface area contributed by atoms with Gasteiger partial charge in [0.2, 0.25) is 0 Å². The van der Waals surface area contributed by atoms with Crippen LogP contribution in [0.4, 0.5) is 0 Å². The molecule has 0 aromatic heterocycles. The third-order valence-electron chi connectivity index (χ3n) is 8.37. The zero-order chi connectivity index (χ0) is 20.3. The molecule has 0 radical (unpaired) electrons. The third kappa shape index (κ3) is 2.26. The van der Waals surface area contributed by atoms with Gasteiger partial charge in [0.1, 0.15) is 12.1 Å². The van der Waals surface area contributed by atoms with Gasteiger partial charge in [0, 0.05) is 17.5 Å². The molecule has 2 aliphatic carbocycles. The Morgan fingerprint density at radius 2 is 1.69 bits per heavy atom. The smallest absolute Gasteiger partial charge is 0.333 e. The third-order valence-corrected chi connectivity index (χ3v) is 8.37. The van der Waals surface area contributed by atoms with Gasteiger partial charge in [-0.3, -0.25) is 4.79 Å². The van der Waals surface area contributed by atoms with E-state index in [1.54, 1.807) is 0 Å². The molecular formula is C25H27NO3. The van der Waals surface area contributed by atoms with Gasteiger partial charge in [-0.25, -0.2) is 4.79 Å². The molecule has 0 spiro atoms. The van der Waals surface area contributed by atoms with Gasteiger partial charge in [-0.15, -0.1) is 0 Å². The van der Waals surface area contributed by atoms with E-state index < -0.39 is 5.54 Å². The number of carbonyl (C=O) groups is 2. The second-order valence-electron chi connectivity index (χ2n) is 9.37. The Bertz CT molecular complexity index is 959. The number of esters is 1. The number of benzene rings is 2. The average molecular weight is 389 g/mol. The quantitative estimate of drug-likeness (QED) is 0.726. The molecule has 2 aromatic rings. The molecule has 4 unspecified atom stereocenters. The highest BCUT2D eigenvalue weighted by Crippen LogP contribution is 2.76. The zero-order valence-corrected chi connectivity index (χ0v) is 17.1. The number of hydrogen-bond acceptors (Lipinski definition) is 3. The lowest BCUT2D eigenvalue weighted by Crippen LogP contribution is -2.61. The predicted octanol–water partition coefficient (Wildman–Crippen LogP) is 4.45. The summed E-state index contributed by atoms with van der Waals surface area (Å²) in [5.74, 6) is 0.174. The summed E-state index contributed by atoms with van der Waals surface area (Å²) in [5, 5.41) is 0. The zero-order valence-electron chi connectivity index (χ0n) is 17.1. The van der Waals surface area contributed by atoms with Crippen molar-refractivity contribution in [3.8, 4) is 0 Å². The SMILES string of the molecule is CC12CN(C(=O)c3ccccc3)C3(C(=O)OCc4ccccc4)CC1CCC23C. The Morgan fingerprint density at radius 3 is 2.34 bits per heavy atom. The van der Waals surface area contributed by atoms with E-state index in [0.29, 0.717) is 24.4 Å². The van der Waals surface area contributed by atoms with Crippen molar-refractivity contribution in [2.75, 3.05) is 6.54 Å². The van der Waals surface area contributed by atoms with Crippen molar-refractivity contribution < 1.29 is 14.3 Å². The van der Waals surface area contributed by atoms with Crippen LogP contribution in [0, 0.1) is 16.7 Å². The second-order valence-corrected chi connectivity index (χ2v) is 9.37. The van der Waals surface area contributed by atoms with Crippen LogP contribution in [0.15, 0.2) is 60.7 Å². The van der Waals surface area contributed by atoms with Crippen molar-refractivity contribution in [3.63, 3.8) is 0 Å². The fourth-order valence-electron chi connectivity index (χ4n) is 6.52. The molecule has 4 atom stereocenters. The van der Waals surface area contributed by atoms with Crippen molar-refractivity contribution in [2.24, 2.45) is 16.7 Å². The minimum Gasteiger partial charge on any atom is -0.459 e. The standard InChI is InChI=1S/C25H27NO3/c1-23-17-26(21(27)19-11-7-4-8-12-19)25(15-20(23)13-14-24(23,25)2)22(28)29-16-18-9-5-3-6-10-18/h3-12,20H,13-17H2,1-2H3. The Balaban J connectivity index is 1.51. The Kier molecular flexibility index (Phi) is 3.93. The predicted molar refractivity (Wildman–Crippen MR) is 110 cm³/mol. The number of piperidine rings is 1. The van der Waals surface area contributed by atoms with Gasteiger partial charge in [0.05, 0.1) is 0 Å². The Hall–Kier alpha value is -2.62. The molecule has 4 nitrogen and oxygen atoms in total. The summed E-state index contributed by atoms with van der Waals surface area (Å²) in [6.07, 6.45) is 2.81. The molecule has 3 aliphatic rings. The summed E-state index contributed by atoms with van der Waals surface area (Å²) in [6.45, 7) is 5.35. The molecule has 2 aromatic carbocycles. The van der Waals surface area contributed by atoms with Crippen LogP contribution in [-0.2, 0) is 16.1 Å². The topological polar surface area (TPSA) is 46.6 Å². The largest absolute Gasteiger partial charge is 0.459 e. The van der Waals surface area contributed by atoms with Gasteiger partial charge >= 0.3 is 5.97 Å². The number of amides is 1. The molecule has 4 heteroatoms. The molecule has 29 heavy (non-hydrogen) atoms. The van der Waals surface area contributed by atoms with Crippen LogP contribution < -0.4 is 0 Å². The first kappa shape index (κ1) is 18.4. The van der Waals surface area contributed by atoms with Crippen LogP contribution >= 0.6 is 0 Å². The number of ether oxygens (including phenoxy) is 1.